The monoisotopic (exact) mass is 677 g/mol. The van der Waals surface area contributed by atoms with Crippen LogP contribution >= 0.6 is 43.5 Å². The molecule has 1 saturated heterocycles. The molecule has 0 N–H and O–H groups in total. The molecule has 1 aromatic heterocycles. The van der Waals surface area contributed by atoms with Gasteiger partial charge < -0.3 is 9.74 Å². The van der Waals surface area contributed by atoms with Crippen molar-refractivity contribution in [3.8, 4) is 0 Å². The van der Waals surface area contributed by atoms with E-state index in [0.29, 0.717) is 18.3 Å². The highest BCUT2D eigenvalue weighted by Gasteiger charge is 2.36. The molecular weight excluding hydrogens is 646 g/mol. The molecule has 2 aromatic rings. The van der Waals surface area contributed by atoms with E-state index in [4.69, 9.17) is 21.4 Å². The summed E-state index contributed by atoms with van der Waals surface area (Å²) in [4.78, 5) is 36.4. The average Bonchev–Trinajstić information content (AvgIpc) is 3.06. The van der Waals surface area contributed by atoms with Gasteiger partial charge in [0, 0.05) is 45.6 Å². The molecule has 2 heterocycles. The van der Waals surface area contributed by atoms with E-state index in [1.807, 2.05) is 12.3 Å². The molecular formula is C30H34Br2ClN3O3. The van der Waals surface area contributed by atoms with E-state index in [0.717, 1.165) is 89.8 Å². The van der Waals surface area contributed by atoms with Crippen molar-refractivity contribution in [3.63, 3.8) is 0 Å². The fraction of sp³-hybridized carbons (Fsp3) is 0.533. The van der Waals surface area contributed by atoms with E-state index in [2.05, 4.69) is 54.0 Å². The van der Waals surface area contributed by atoms with Crippen LogP contribution in [0.15, 0.2) is 38.5 Å². The molecule has 1 aliphatic heterocycles. The minimum atomic E-state index is -0.0313. The molecule has 0 spiro atoms. The number of aryl methyl sites for hydroxylation is 2. The largest absolute Gasteiger partial charge is 0.388 e. The number of piperidine rings is 1. The second-order valence-electron chi connectivity index (χ2n) is 11.1. The number of fused-ring (bicyclic) bond motifs is 2. The Morgan fingerprint density at radius 3 is 2.49 bits per heavy atom. The number of benzene rings is 1. The van der Waals surface area contributed by atoms with Crippen LogP contribution in [-0.2, 0) is 27.3 Å². The van der Waals surface area contributed by atoms with Gasteiger partial charge in [0.1, 0.15) is 0 Å². The van der Waals surface area contributed by atoms with E-state index in [1.165, 1.54) is 23.6 Å². The second kappa shape index (κ2) is 12.8. The normalized spacial score (nSPS) is 21.5. The molecule has 208 valence electrons. The van der Waals surface area contributed by atoms with Crippen molar-refractivity contribution in [2.75, 3.05) is 19.7 Å². The third-order valence-corrected chi connectivity index (χ3v) is 9.70. The number of carbonyl (C=O) groups excluding carboxylic acids is 2. The molecule has 1 aromatic carbocycles. The van der Waals surface area contributed by atoms with Crippen molar-refractivity contribution in [1.82, 2.24) is 9.88 Å². The van der Waals surface area contributed by atoms with E-state index < -0.39 is 0 Å². The van der Waals surface area contributed by atoms with Crippen molar-refractivity contribution in [3.05, 3.63) is 60.7 Å². The van der Waals surface area contributed by atoms with Crippen LogP contribution in [-0.4, -0.2) is 47.0 Å². The highest BCUT2D eigenvalue weighted by Crippen LogP contribution is 2.46. The Kier molecular flexibility index (Phi) is 9.45. The highest BCUT2D eigenvalue weighted by molar-refractivity contribution is 9.10. The third-order valence-electron chi connectivity index (χ3n) is 8.39. The number of hydrogen-bond acceptors (Lipinski definition) is 5. The maximum absolute atomic E-state index is 13.3. The summed E-state index contributed by atoms with van der Waals surface area (Å²) in [7, 11) is 0. The molecule has 1 saturated carbocycles. The van der Waals surface area contributed by atoms with E-state index in [1.54, 1.807) is 0 Å². The van der Waals surface area contributed by atoms with Crippen molar-refractivity contribution in [2.24, 2.45) is 17.0 Å². The van der Waals surface area contributed by atoms with Crippen LogP contribution in [0.1, 0.15) is 80.2 Å². The molecule has 0 bridgehead atoms. The van der Waals surface area contributed by atoms with E-state index >= 15 is 0 Å². The molecule has 9 heteroatoms. The molecule has 1 amide bonds. The zero-order chi connectivity index (χ0) is 27.5. The van der Waals surface area contributed by atoms with Crippen LogP contribution in [0.5, 0.6) is 0 Å². The number of aromatic nitrogens is 1. The Bertz CT molecular complexity index is 1270. The van der Waals surface area contributed by atoms with Crippen LogP contribution in [0.4, 0.5) is 0 Å². The molecule has 3 aliphatic rings. The summed E-state index contributed by atoms with van der Waals surface area (Å²) in [6, 6.07) is 6.33. The smallest absolute Gasteiger partial charge is 0.222 e. The van der Waals surface area contributed by atoms with Gasteiger partial charge in [0.2, 0.25) is 5.91 Å². The summed E-state index contributed by atoms with van der Waals surface area (Å²) in [6.07, 6.45) is 9.84. The summed E-state index contributed by atoms with van der Waals surface area (Å²) < 4.78 is 2.06. The standard InChI is InChI=1S/C30H34Br2ClN3O3/c1-18(37)17-39-35-25-6-2-19(3-7-25)12-27(38)36-10-8-20(9-11-36)29-28-21(14-24(33)15-26(28)32)4-5-22-13-23(31)16-34-30(22)29/h13-16,19-20,29H,2-12,17H2,1H3/t19?,29-/m1/s1. The first kappa shape index (κ1) is 28.7. The number of ketones is 1. The minimum absolute atomic E-state index is 0.0255. The number of likely N-dealkylation sites (tertiary alicyclic amines) is 1. The molecule has 1 atom stereocenters. The number of carbonyl (C=O) groups is 2. The van der Waals surface area contributed by atoms with Gasteiger partial charge in [0.05, 0.1) is 11.4 Å². The zero-order valence-electron chi connectivity index (χ0n) is 22.2. The Morgan fingerprint density at radius 2 is 1.77 bits per heavy atom. The predicted octanol–water partition coefficient (Wildman–Crippen LogP) is 7.27. The summed E-state index contributed by atoms with van der Waals surface area (Å²) in [5.74, 6) is 1.19. The average molecular weight is 680 g/mol. The number of rotatable bonds is 6. The Labute approximate surface area is 252 Å². The van der Waals surface area contributed by atoms with Gasteiger partial charge in [-0.2, -0.15) is 0 Å². The number of Topliss-reactive ketones (excluding diaryl/α,β-unsaturated/α-hetero) is 1. The zero-order valence-corrected chi connectivity index (χ0v) is 26.2. The number of pyridine rings is 1. The molecule has 0 unspecified atom stereocenters. The maximum atomic E-state index is 13.3. The van der Waals surface area contributed by atoms with Gasteiger partial charge in [0.25, 0.3) is 0 Å². The van der Waals surface area contributed by atoms with Gasteiger partial charge in [-0.1, -0.05) is 32.7 Å². The number of oxime groups is 1. The second-order valence-corrected chi connectivity index (χ2v) is 13.3. The van der Waals surface area contributed by atoms with Crippen LogP contribution in [0.25, 0.3) is 0 Å². The SMILES string of the molecule is CC(=O)CON=C1CCC(CC(=O)N2CCC([C@H]3c4ncc(Br)cc4CCc4cc(Cl)cc(Br)c43)CC2)CC1. The van der Waals surface area contributed by atoms with Gasteiger partial charge in [0.15, 0.2) is 12.4 Å². The van der Waals surface area contributed by atoms with Crippen LogP contribution in [0.3, 0.4) is 0 Å². The third kappa shape index (κ3) is 6.94. The lowest BCUT2D eigenvalue weighted by atomic mass is 9.76. The van der Waals surface area contributed by atoms with E-state index in [9.17, 15) is 9.59 Å². The quantitative estimate of drug-likeness (QED) is 0.301. The van der Waals surface area contributed by atoms with Crippen LogP contribution < -0.4 is 0 Å². The first-order valence-corrected chi connectivity index (χ1v) is 15.8. The number of halogens is 3. The number of nitrogens with zero attached hydrogens (tertiary/aromatic N) is 3. The van der Waals surface area contributed by atoms with Crippen LogP contribution in [0, 0.1) is 11.8 Å². The summed E-state index contributed by atoms with van der Waals surface area (Å²) in [5.41, 5.74) is 6.05. The van der Waals surface area contributed by atoms with Gasteiger partial charge >= 0.3 is 0 Å². The summed E-state index contributed by atoms with van der Waals surface area (Å²) in [5, 5.41) is 4.87. The summed E-state index contributed by atoms with van der Waals surface area (Å²) >= 11 is 13.9. The van der Waals surface area contributed by atoms with Crippen molar-refractivity contribution in [1.29, 1.82) is 0 Å². The summed E-state index contributed by atoms with van der Waals surface area (Å²) in [6.45, 7) is 3.08. The topological polar surface area (TPSA) is 71.9 Å². The van der Waals surface area contributed by atoms with Gasteiger partial charge in [-0.3, -0.25) is 14.6 Å². The lowest BCUT2D eigenvalue weighted by Gasteiger charge is -2.37. The molecule has 5 rings (SSSR count). The van der Waals surface area contributed by atoms with Crippen molar-refractivity contribution < 1.29 is 14.4 Å². The van der Waals surface area contributed by atoms with Gasteiger partial charge in [-0.15, -0.1) is 0 Å². The lowest BCUT2D eigenvalue weighted by molar-refractivity contribution is -0.133. The van der Waals surface area contributed by atoms with Gasteiger partial charge in [-0.25, -0.2) is 0 Å². The highest BCUT2D eigenvalue weighted by atomic mass is 79.9. The maximum Gasteiger partial charge on any atom is 0.222 e. The lowest BCUT2D eigenvalue weighted by Crippen LogP contribution is -2.41. The molecule has 39 heavy (non-hydrogen) atoms. The van der Waals surface area contributed by atoms with Crippen molar-refractivity contribution >= 4 is 60.9 Å². The fourth-order valence-corrected chi connectivity index (χ4v) is 7.91. The molecule has 6 nitrogen and oxygen atoms in total. The van der Waals surface area contributed by atoms with Crippen molar-refractivity contribution in [2.45, 2.75) is 70.6 Å². The first-order chi connectivity index (χ1) is 18.8. The molecule has 2 fully saturated rings. The molecule has 2 aliphatic carbocycles. The molecule has 0 radical (unpaired) electrons. The number of hydrogen-bond donors (Lipinski definition) is 0. The van der Waals surface area contributed by atoms with Gasteiger partial charge in [-0.05, 0) is 121 Å². The predicted molar refractivity (Wildman–Crippen MR) is 160 cm³/mol. The van der Waals surface area contributed by atoms with E-state index in [-0.39, 0.29) is 24.2 Å². The Balaban J connectivity index is 1.23. The Hall–Kier alpha value is -1.77. The first-order valence-electron chi connectivity index (χ1n) is 13.9. The van der Waals surface area contributed by atoms with Crippen LogP contribution in [0.2, 0.25) is 5.02 Å². The number of amides is 1. The minimum Gasteiger partial charge on any atom is -0.388 e. The fourth-order valence-electron chi connectivity index (χ4n) is 6.41. The Morgan fingerprint density at radius 1 is 1.05 bits per heavy atom.